The lowest BCUT2D eigenvalue weighted by atomic mass is 9.88. The summed E-state index contributed by atoms with van der Waals surface area (Å²) in [6.45, 7) is 5.13. The molecule has 20 heavy (non-hydrogen) atoms. The highest BCUT2D eigenvalue weighted by molar-refractivity contribution is 8.01. The highest BCUT2D eigenvalue weighted by atomic mass is 32.2. The van der Waals surface area contributed by atoms with Crippen LogP contribution in [0.3, 0.4) is 0 Å². The monoisotopic (exact) mass is 293 g/mol. The van der Waals surface area contributed by atoms with E-state index in [0.29, 0.717) is 6.54 Å². The number of carbonyl (C=O) groups is 1. The van der Waals surface area contributed by atoms with Gasteiger partial charge in [-0.2, -0.15) is 0 Å². The summed E-state index contributed by atoms with van der Waals surface area (Å²) in [6.07, 6.45) is 2.53. The number of nitrogens with one attached hydrogen (secondary N) is 1. The number of aliphatic hydroxyl groups excluding tert-OH is 1. The van der Waals surface area contributed by atoms with Crippen molar-refractivity contribution in [3.63, 3.8) is 0 Å². The molecule has 4 heteroatoms. The fraction of sp³-hybridized carbons (Fsp3) is 0.562. The zero-order valence-electron chi connectivity index (χ0n) is 12.2. The molecule has 1 atom stereocenters. The standard InChI is InChI=1S/C16H23NO2S/c1-16(2,8-5-9-18)11-17-15(19)14-10-12-6-3-4-7-13(12)20-14/h3-4,6-7,14,18H,5,8-11H2,1-2H3,(H,17,19). The predicted molar refractivity (Wildman–Crippen MR) is 82.9 cm³/mol. The molecule has 0 saturated carbocycles. The second-order valence-electron chi connectivity index (χ2n) is 6.13. The first-order chi connectivity index (χ1) is 9.52. The zero-order valence-corrected chi connectivity index (χ0v) is 13.0. The van der Waals surface area contributed by atoms with Crippen LogP contribution in [0.2, 0.25) is 0 Å². The van der Waals surface area contributed by atoms with Crippen molar-refractivity contribution in [1.82, 2.24) is 5.32 Å². The van der Waals surface area contributed by atoms with Gasteiger partial charge in [-0.25, -0.2) is 0 Å². The second kappa shape index (κ2) is 6.64. The number of aliphatic hydroxyl groups is 1. The Morgan fingerprint density at radius 2 is 2.20 bits per heavy atom. The smallest absolute Gasteiger partial charge is 0.233 e. The predicted octanol–water partition coefficient (Wildman–Crippen LogP) is 2.62. The molecule has 0 radical (unpaired) electrons. The summed E-state index contributed by atoms with van der Waals surface area (Å²) in [5.41, 5.74) is 1.31. The van der Waals surface area contributed by atoms with Gasteiger partial charge in [-0.3, -0.25) is 4.79 Å². The van der Waals surface area contributed by atoms with Gasteiger partial charge in [-0.15, -0.1) is 11.8 Å². The summed E-state index contributed by atoms with van der Waals surface area (Å²) in [7, 11) is 0. The van der Waals surface area contributed by atoms with Crippen LogP contribution >= 0.6 is 11.8 Å². The molecule has 1 aromatic carbocycles. The molecule has 1 heterocycles. The Bertz CT molecular complexity index is 448. The maximum atomic E-state index is 12.3. The van der Waals surface area contributed by atoms with Crippen LogP contribution in [0.4, 0.5) is 0 Å². The van der Waals surface area contributed by atoms with Gasteiger partial charge < -0.3 is 10.4 Å². The normalized spacial score (nSPS) is 17.9. The molecule has 0 bridgehead atoms. The van der Waals surface area contributed by atoms with Crippen LogP contribution < -0.4 is 5.32 Å². The summed E-state index contributed by atoms with van der Waals surface area (Å²) in [6, 6.07) is 8.22. The van der Waals surface area contributed by atoms with E-state index in [9.17, 15) is 4.79 Å². The fourth-order valence-corrected chi connectivity index (χ4v) is 3.63. The second-order valence-corrected chi connectivity index (χ2v) is 7.37. The Kier molecular flexibility index (Phi) is 5.11. The van der Waals surface area contributed by atoms with Gasteiger partial charge in [0, 0.05) is 18.0 Å². The Morgan fingerprint density at radius 1 is 1.45 bits per heavy atom. The van der Waals surface area contributed by atoms with E-state index in [1.54, 1.807) is 11.8 Å². The Labute approximate surface area is 125 Å². The number of fused-ring (bicyclic) bond motifs is 1. The van der Waals surface area contributed by atoms with Gasteiger partial charge in [0.25, 0.3) is 0 Å². The third kappa shape index (κ3) is 4.00. The SMILES string of the molecule is CC(C)(CCCO)CNC(=O)C1Cc2ccccc2S1. The number of hydrogen-bond acceptors (Lipinski definition) is 3. The van der Waals surface area contributed by atoms with Crippen molar-refractivity contribution in [2.75, 3.05) is 13.2 Å². The molecule has 2 N–H and O–H groups in total. The Balaban J connectivity index is 1.82. The van der Waals surface area contributed by atoms with E-state index in [2.05, 4.69) is 31.3 Å². The molecule has 1 unspecified atom stereocenters. The van der Waals surface area contributed by atoms with Crippen molar-refractivity contribution < 1.29 is 9.90 Å². The van der Waals surface area contributed by atoms with E-state index in [1.165, 1.54) is 10.5 Å². The maximum Gasteiger partial charge on any atom is 0.233 e. The Morgan fingerprint density at radius 3 is 2.90 bits per heavy atom. The van der Waals surface area contributed by atoms with E-state index >= 15 is 0 Å². The minimum Gasteiger partial charge on any atom is -0.396 e. The lowest BCUT2D eigenvalue weighted by Crippen LogP contribution is -2.39. The zero-order chi connectivity index (χ0) is 14.6. The van der Waals surface area contributed by atoms with E-state index in [4.69, 9.17) is 5.11 Å². The van der Waals surface area contributed by atoms with Crippen molar-refractivity contribution in [2.45, 2.75) is 43.3 Å². The van der Waals surface area contributed by atoms with Crippen molar-refractivity contribution in [1.29, 1.82) is 0 Å². The van der Waals surface area contributed by atoms with Crippen molar-refractivity contribution in [3.8, 4) is 0 Å². The van der Waals surface area contributed by atoms with E-state index in [-0.39, 0.29) is 23.2 Å². The first-order valence-electron chi connectivity index (χ1n) is 7.15. The number of rotatable bonds is 6. The third-order valence-electron chi connectivity index (χ3n) is 3.69. The van der Waals surface area contributed by atoms with Gasteiger partial charge in [0.2, 0.25) is 5.91 Å². The largest absolute Gasteiger partial charge is 0.396 e. The van der Waals surface area contributed by atoms with Gasteiger partial charge >= 0.3 is 0 Å². The van der Waals surface area contributed by atoms with Crippen LogP contribution in [0.5, 0.6) is 0 Å². The lowest BCUT2D eigenvalue weighted by Gasteiger charge is -2.25. The molecule has 0 spiro atoms. The first-order valence-corrected chi connectivity index (χ1v) is 8.03. The quantitative estimate of drug-likeness (QED) is 0.847. The number of carbonyl (C=O) groups excluding carboxylic acids is 1. The molecule has 3 nitrogen and oxygen atoms in total. The van der Waals surface area contributed by atoms with Gasteiger partial charge in [-0.05, 0) is 36.3 Å². The van der Waals surface area contributed by atoms with E-state index in [1.807, 2.05) is 12.1 Å². The van der Waals surface area contributed by atoms with Crippen LogP contribution in [0, 0.1) is 5.41 Å². The molecule has 110 valence electrons. The number of thioether (sulfide) groups is 1. The maximum absolute atomic E-state index is 12.3. The highest BCUT2D eigenvalue weighted by Crippen LogP contribution is 2.36. The summed E-state index contributed by atoms with van der Waals surface area (Å²) in [5, 5.41) is 12.0. The molecule has 1 aliphatic rings. The van der Waals surface area contributed by atoms with Gasteiger partial charge in [0.15, 0.2) is 0 Å². The van der Waals surface area contributed by atoms with Crippen molar-refractivity contribution >= 4 is 17.7 Å². The third-order valence-corrected chi connectivity index (χ3v) is 5.01. The molecular formula is C16H23NO2S. The average Bonchev–Trinajstić information content (AvgIpc) is 2.86. The summed E-state index contributed by atoms with van der Waals surface area (Å²) in [4.78, 5) is 13.5. The first kappa shape index (κ1) is 15.4. The van der Waals surface area contributed by atoms with Crippen LogP contribution in [0.25, 0.3) is 0 Å². The van der Waals surface area contributed by atoms with Crippen LogP contribution in [-0.4, -0.2) is 29.4 Å². The molecule has 0 aromatic heterocycles. The Hall–Kier alpha value is -1.00. The number of benzene rings is 1. The molecule has 0 aliphatic carbocycles. The fourth-order valence-electron chi connectivity index (χ4n) is 2.41. The molecule has 1 amide bonds. The minimum absolute atomic E-state index is 0.000965. The highest BCUT2D eigenvalue weighted by Gasteiger charge is 2.29. The summed E-state index contributed by atoms with van der Waals surface area (Å²) in [5.74, 6) is 0.128. The summed E-state index contributed by atoms with van der Waals surface area (Å²) >= 11 is 1.66. The number of hydrogen-bond donors (Lipinski definition) is 2. The van der Waals surface area contributed by atoms with Gasteiger partial charge in [-0.1, -0.05) is 32.0 Å². The van der Waals surface area contributed by atoms with Gasteiger partial charge in [0.05, 0.1) is 5.25 Å². The van der Waals surface area contributed by atoms with Crippen LogP contribution in [0.15, 0.2) is 29.2 Å². The van der Waals surface area contributed by atoms with Crippen molar-refractivity contribution in [3.05, 3.63) is 29.8 Å². The molecule has 0 saturated heterocycles. The average molecular weight is 293 g/mol. The molecular weight excluding hydrogens is 270 g/mol. The summed E-state index contributed by atoms with van der Waals surface area (Å²) < 4.78 is 0. The van der Waals surface area contributed by atoms with E-state index in [0.717, 1.165) is 19.3 Å². The molecule has 0 fully saturated rings. The minimum atomic E-state index is 0.000965. The van der Waals surface area contributed by atoms with Crippen molar-refractivity contribution in [2.24, 2.45) is 5.41 Å². The van der Waals surface area contributed by atoms with Gasteiger partial charge in [0.1, 0.15) is 0 Å². The molecule has 1 aromatic rings. The molecule has 1 aliphatic heterocycles. The lowest BCUT2D eigenvalue weighted by molar-refractivity contribution is -0.121. The van der Waals surface area contributed by atoms with Crippen LogP contribution in [0.1, 0.15) is 32.3 Å². The molecule has 2 rings (SSSR count). The van der Waals surface area contributed by atoms with E-state index < -0.39 is 0 Å². The topological polar surface area (TPSA) is 49.3 Å². The van der Waals surface area contributed by atoms with Crippen LogP contribution in [-0.2, 0) is 11.2 Å². The number of amides is 1.